The van der Waals surface area contributed by atoms with E-state index in [0.29, 0.717) is 11.3 Å². The highest BCUT2D eigenvalue weighted by Gasteiger charge is 2.07. The second-order valence-electron chi connectivity index (χ2n) is 5.00. The Kier molecular flexibility index (Phi) is 5.25. The zero-order valence-electron chi connectivity index (χ0n) is 12.2. The molecule has 0 saturated carbocycles. The summed E-state index contributed by atoms with van der Waals surface area (Å²) in [6, 6.07) is 13.1. The quantitative estimate of drug-likeness (QED) is 0.891. The Morgan fingerprint density at radius 3 is 2.45 bits per heavy atom. The molecule has 2 rings (SSSR count). The third-order valence-electron chi connectivity index (χ3n) is 3.03. The second-order valence-corrected chi connectivity index (χ2v) is 5.00. The summed E-state index contributed by atoms with van der Waals surface area (Å²) in [5.41, 5.74) is 2.42. The molecule has 114 valence electrons. The van der Waals surface area contributed by atoms with E-state index in [2.05, 4.69) is 10.6 Å². The van der Waals surface area contributed by atoms with Crippen molar-refractivity contribution in [2.45, 2.75) is 13.3 Å². The van der Waals surface area contributed by atoms with Crippen LogP contribution in [0, 0.1) is 12.7 Å². The van der Waals surface area contributed by atoms with Crippen molar-refractivity contribution >= 4 is 17.5 Å². The molecule has 0 aliphatic carbocycles. The van der Waals surface area contributed by atoms with Gasteiger partial charge in [-0.15, -0.1) is 0 Å². The van der Waals surface area contributed by atoms with E-state index in [9.17, 15) is 14.0 Å². The molecule has 2 amide bonds. The van der Waals surface area contributed by atoms with E-state index in [-0.39, 0.29) is 30.6 Å². The van der Waals surface area contributed by atoms with Crippen molar-refractivity contribution in [2.75, 3.05) is 11.9 Å². The number of halogens is 1. The average Bonchev–Trinajstić information content (AvgIpc) is 2.48. The maximum atomic E-state index is 12.8. The number of hydrogen-bond acceptors (Lipinski definition) is 2. The monoisotopic (exact) mass is 300 g/mol. The lowest BCUT2D eigenvalue weighted by atomic mass is 10.1. The van der Waals surface area contributed by atoms with Crippen LogP contribution < -0.4 is 10.6 Å². The number of nitrogens with one attached hydrogen (secondary N) is 2. The van der Waals surface area contributed by atoms with Crippen LogP contribution in [0.5, 0.6) is 0 Å². The molecule has 0 saturated heterocycles. The van der Waals surface area contributed by atoms with Crippen molar-refractivity contribution in [3.8, 4) is 0 Å². The van der Waals surface area contributed by atoms with Gasteiger partial charge in [0.2, 0.25) is 11.8 Å². The van der Waals surface area contributed by atoms with E-state index in [1.807, 2.05) is 25.1 Å². The minimum atomic E-state index is -0.346. The SMILES string of the molecule is Cc1cccc(NC(=O)CNC(=O)Cc2ccc(F)cc2)c1. The van der Waals surface area contributed by atoms with Gasteiger partial charge in [-0.3, -0.25) is 9.59 Å². The van der Waals surface area contributed by atoms with Crippen LogP contribution in [-0.2, 0) is 16.0 Å². The van der Waals surface area contributed by atoms with Gasteiger partial charge in [0.1, 0.15) is 5.82 Å². The molecular weight excluding hydrogens is 283 g/mol. The van der Waals surface area contributed by atoms with Gasteiger partial charge in [-0.25, -0.2) is 4.39 Å². The lowest BCUT2D eigenvalue weighted by Crippen LogP contribution is -2.33. The van der Waals surface area contributed by atoms with Crippen molar-refractivity contribution in [1.29, 1.82) is 0 Å². The van der Waals surface area contributed by atoms with Crippen LogP contribution >= 0.6 is 0 Å². The molecule has 0 heterocycles. The summed E-state index contributed by atoms with van der Waals surface area (Å²) in [4.78, 5) is 23.5. The summed E-state index contributed by atoms with van der Waals surface area (Å²) < 4.78 is 12.8. The Morgan fingerprint density at radius 2 is 1.77 bits per heavy atom. The largest absolute Gasteiger partial charge is 0.347 e. The molecule has 0 aliphatic heterocycles. The van der Waals surface area contributed by atoms with Crippen LogP contribution in [0.4, 0.5) is 10.1 Å². The Balaban J connectivity index is 1.78. The van der Waals surface area contributed by atoms with Crippen molar-refractivity contribution in [2.24, 2.45) is 0 Å². The molecular formula is C17H17FN2O2. The summed E-state index contributed by atoms with van der Waals surface area (Å²) in [5, 5.41) is 5.24. The van der Waals surface area contributed by atoms with Gasteiger partial charge in [-0.1, -0.05) is 24.3 Å². The third-order valence-corrected chi connectivity index (χ3v) is 3.03. The normalized spacial score (nSPS) is 10.1. The molecule has 2 aromatic rings. The molecule has 4 nitrogen and oxygen atoms in total. The molecule has 0 spiro atoms. The van der Waals surface area contributed by atoms with Crippen molar-refractivity contribution in [3.63, 3.8) is 0 Å². The first-order chi connectivity index (χ1) is 10.5. The summed E-state index contributed by atoms with van der Waals surface area (Å²) in [5.74, 6) is -0.925. The molecule has 0 aromatic heterocycles. The van der Waals surface area contributed by atoms with Crippen molar-refractivity contribution in [1.82, 2.24) is 5.32 Å². The third kappa shape index (κ3) is 5.01. The fourth-order valence-corrected chi connectivity index (χ4v) is 1.96. The first kappa shape index (κ1) is 15.7. The van der Waals surface area contributed by atoms with Gasteiger partial charge in [0, 0.05) is 5.69 Å². The van der Waals surface area contributed by atoms with Crippen LogP contribution in [0.15, 0.2) is 48.5 Å². The maximum Gasteiger partial charge on any atom is 0.243 e. The molecule has 0 bridgehead atoms. The zero-order chi connectivity index (χ0) is 15.9. The first-order valence-corrected chi connectivity index (χ1v) is 6.90. The number of rotatable bonds is 5. The van der Waals surface area contributed by atoms with E-state index in [1.165, 1.54) is 12.1 Å². The number of carbonyl (C=O) groups excluding carboxylic acids is 2. The molecule has 0 aliphatic rings. The predicted molar refractivity (Wildman–Crippen MR) is 82.9 cm³/mol. The molecule has 2 N–H and O–H groups in total. The highest BCUT2D eigenvalue weighted by molar-refractivity contribution is 5.94. The Bertz CT molecular complexity index is 669. The molecule has 22 heavy (non-hydrogen) atoms. The van der Waals surface area contributed by atoms with Crippen LogP contribution in [0.2, 0.25) is 0 Å². The van der Waals surface area contributed by atoms with Gasteiger partial charge >= 0.3 is 0 Å². The molecule has 0 radical (unpaired) electrons. The van der Waals surface area contributed by atoms with E-state index >= 15 is 0 Å². The van der Waals surface area contributed by atoms with Gasteiger partial charge < -0.3 is 10.6 Å². The lowest BCUT2D eigenvalue weighted by molar-refractivity contribution is -0.123. The Morgan fingerprint density at radius 1 is 1.05 bits per heavy atom. The van der Waals surface area contributed by atoms with Crippen LogP contribution in [-0.4, -0.2) is 18.4 Å². The highest BCUT2D eigenvalue weighted by Crippen LogP contribution is 2.09. The summed E-state index contributed by atoms with van der Waals surface area (Å²) in [6.45, 7) is 1.83. The topological polar surface area (TPSA) is 58.2 Å². The van der Waals surface area contributed by atoms with Gasteiger partial charge in [0.15, 0.2) is 0 Å². The highest BCUT2D eigenvalue weighted by atomic mass is 19.1. The number of hydrogen-bond donors (Lipinski definition) is 2. The van der Waals surface area contributed by atoms with E-state index < -0.39 is 0 Å². The average molecular weight is 300 g/mol. The van der Waals surface area contributed by atoms with E-state index in [1.54, 1.807) is 18.2 Å². The van der Waals surface area contributed by atoms with Crippen LogP contribution in [0.25, 0.3) is 0 Å². The summed E-state index contributed by atoms with van der Waals surface area (Å²) >= 11 is 0. The Hall–Kier alpha value is -2.69. The fraction of sp³-hybridized carbons (Fsp3) is 0.176. The maximum absolute atomic E-state index is 12.8. The van der Waals surface area contributed by atoms with Gasteiger partial charge in [-0.2, -0.15) is 0 Å². The van der Waals surface area contributed by atoms with Crippen molar-refractivity contribution < 1.29 is 14.0 Å². The standard InChI is InChI=1S/C17H17FN2O2/c1-12-3-2-4-15(9-12)20-17(22)11-19-16(21)10-13-5-7-14(18)8-6-13/h2-9H,10-11H2,1H3,(H,19,21)(H,20,22). The van der Waals surface area contributed by atoms with Crippen molar-refractivity contribution in [3.05, 3.63) is 65.5 Å². The Labute approximate surface area is 128 Å². The van der Waals surface area contributed by atoms with Gasteiger partial charge in [0.05, 0.1) is 13.0 Å². The molecule has 5 heteroatoms. The fourth-order valence-electron chi connectivity index (χ4n) is 1.96. The number of anilines is 1. The number of carbonyl (C=O) groups is 2. The number of amides is 2. The smallest absolute Gasteiger partial charge is 0.243 e. The number of aryl methyl sites for hydroxylation is 1. The van der Waals surface area contributed by atoms with Gasteiger partial charge in [0.25, 0.3) is 0 Å². The van der Waals surface area contributed by atoms with E-state index in [4.69, 9.17) is 0 Å². The molecule has 2 aromatic carbocycles. The lowest BCUT2D eigenvalue weighted by Gasteiger charge is -2.07. The van der Waals surface area contributed by atoms with Gasteiger partial charge in [-0.05, 0) is 42.3 Å². The summed E-state index contributed by atoms with van der Waals surface area (Å²) in [7, 11) is 0. The number of benzene rings is 2. The van der Waals surface area contributed by atoms with Crippen LogP contribution in [0.1, 0.15) is 11.1 Å². The minimum absolute atomic E-state index is 0.103. The predicted octanol–water partition coefficient (Wildman–Crippen LogP) is 2.43. The molecule has 0 fully saturated rings. The first-order valence-electron chi connectivity index (χ1n) is 6.90. The minimum Gasteiger partial charge on any atom is -0.347 e. The summed E-state index contributed by atoms with van der Waals surface area (Å²) in [6.07, 6.45) is 0.109. The molecule has 0 atom stereocenters. The van der Waals surface area contributed by atoms with E-state index in [0.717, 1.165) is 5.56 Å². The molecule has 0 unspecified atom stereocenters. The zero-order valence-corrected chi connectivity index (χ0v) is 12.2. The second kappa shape index (κ2) is 7.36. The van der Waals surface area contributed by atoms with Crippen LogP contribution in [0.3, 0.4) is 0 Å².